The van der Waals surface area contributed by atoms with Crippen LogP contribution in [-0.4, -0.2) is 10.7 Å². The van der Waals surface area contributed by atoms with Gasteiger partial charge in [-0.2, -0.15) is 0 Å². The molecule has 2 heteroatoms. The lowest BCUT2D eigenvalue weighted by molar-refractivity contribution is 0.0512. The van der Waals surface area contributed by atoms with Gasteiger partial charge in [0.1, 0.15) is 17.1 Å². The molecule has 1 aromatic carbocycles. The number of allylic oxidation sites excluding steroid dienone is 2. The summed E-state index contributed by atoms with van der Waals surface area (Å²) in [6.45, 7) is 15.5. The second-order valence-corrected chi connectivity index (χ2v) is 10.6. The summed E-state index contributed by atoms with van der Waals surface area (Å²) in [7, 11) is 0. The largest absolute Gasteiger partial charge is 0.508 e. The number of benzene rings is 1. The van der Waals surface area contributed by atoms with E-state index in [1.807, 2.05) is 19.9 Å². The highest BCUT2D eigenvalue weighted by molar-refractivity contribution is 5.53. The topological polar surface area (TPSA) is 29.5 Å². The summed E-state index contributed by atoms with van der Waals surface area (Å²) in [5.74, 6) is 3.07. The molecule has 3 atom stereocenters. The molecule has 1 aliphatic heterocycles. The fraction of sp³-hybridized carbons (Fsp3) is 0.714. The summed E-state index contributed by atoms with van der Waals surface area (Å²) in [5.41, 5.74) is 4.63. The standard InChI is InChI=1S/C28H46O2/c1-20(2)11-8-12-21(3)13-9-14-22(4)15-10-17-28(7)18-16-25-24(6)26(29)19-23(5)27(25)30-28/h11,19,21-22,29H,8-10,12-18H2,1-7H3. The van der Waals surface area contributed by atoms with E-state index in [-0.39, 0.29) is 5.60 Å². The van der Waals surface area contributed by atoms with Gasteiger partial charge in [-0.1, -0.05) is 51.2 Å². The van der Waals surface area contributed by atoms with E-state index in [0.29, 0.717) is 5.75 Å². The highest BCUT2D eigenvalue weighted by atomic mass is 16.5. The lowest BCUT2D eigenvalue weighted by atomic mass is 9.84. The molecule has 0 bridgehead atoms. The van der Waals surface area contributed by atoms with Gasteiger partial charge in [-0.25, -0.2) is 0 Å². The van der Waals surface area contributed by atoms with Gasteiger partial charge in [-0.3, -0.25) is 0 Å². The van der Waals surface area contributed by atoms with Gasteiger partial charge in [0.15, 0.2) is 0 Å². The molecule has 0 aliphatic carbocycles. The third kappa shape index (κ3) is 7.36. The first-order valence-corrected chi connectivity index (χ1v) is 12.3. The summed E-state index contributed by atoms with van der Waals surface area (Å²) in [6, 6.07) is 1.85. The minimum atomic E-state index is -0.0691. The zero-order valence-corrected chi connectivity index (χ0v) is 20.7. The summed E-state index contributed by atoms with van der Waals surface area (Å²) in [6.07, 6.45) is 14.7. The molecule has 170 valence electrons. The van der Waals surface area contributed by atoms with E-state index < -0.39 is 0 Å². The van der Waals surface area contributed by atoms with Crippen LogP contribution in [0.15, 0.2) is 17.7 Å². The highest BCUT2D eigenvalue weighted by Gasteiger charge is 2.33. The Hall–Kier alpha value is -1.44. The predicted octanol–water partition coefficient (Wildman–Crippen LogP) is 8.45. The average molecular weight is 415 g/mol. The van der Waals surface area contributed by atoms with Crippen LogP contribution < -0.4 is 4.74 Å². The van der Waals surface area contributed by atoms with Crippen molar-refractivity contribution >= 4 is 0 Å². The van der Waals surface area contributed by atoms with Crippen molar-refractivity contribution in [2.24, 2.45) is 11.8 Å². The number of aromatic hydroxyl groups is 1. The minimum Gasteiger partial charge on any atom is -0.508 e. The van der Waals surface area contributed by atoms with Crippen LogP contribution in [-0.2, 0) is 6.42 Å². The summed E-state index contributed by atoms with van der Waals surface area (Å²) < 4.78 is 6.52. The van der Waals surface area contributed by atoms with Crippen molar-refractivity contribution in [2.45, 2.75) is 118 Å². The highest BCUT2D eigenvalue weighted by Crippen LogP contribution is 2.42. The molecule has 1 aliphatic rings. The fourth-order valence-corrected chi connectivity index (χ4v) is 4.83. The van der Waals surface area contributed by atoms with Crippen LogP contribution in [0.3, 0.4) is 0 Å². The van der Waals surface area contributed by atoms with Crippen molar-refractivity contribution in [3.8, 4) is 11.5 Å². The molecule has 1 aromatic rings. The predicted molar refractivity (Wildman–Crippen MR) is 130 cm³/mol. The third-order valence-electron chi connectivity index (χ3n) is 7.08. The van der Waals surface area contributed by atoms with Crippen LogP contribution in [0.5, 0.6) is 11.5 Å². The fourth-order valence-electron chi connectivity index (χ4n) is 4.83. The molecular weight excluding hydrogens is 368 g/mol. The number of hydrogen-bond acceptors (Lipinski definition) is 2. The quantitative estimate of drug-likeness (QED) is 0.368. The first kappa shape index (κ1) is 24.8. The van der Waals surface area contributed by atoms with E-state index in [2.05, 4.69) is 40.7 Å². The first-order valence-electron chi connectivity index (χ1n) is 12.3. The van der Waals surface area contributed by atoms with E-state index in [1.54, 1.807) is 0 Å². The molecule has 0 amide bonds. The Morgan fingerprint density at radius 3 is 2.40 bits per heavy atom. The zero-order valence-electron chi connectivity index (χ0n) is 20.7. The molecule has 3 unspecified atom stereocenters. The van der Waals surface area contributed by atoms with Crippen LogP contribution >= 0.6 is 0 Å². The molecule has 0 saturated heterocycles. The average Bonchev–Trinajstić information content (AvgIpc) is 2.66. The molecule has 1 heterocycles. The van der Waals surface area contributed by atoms with Crippen LogP contribution in [0.25, 0.3) is 0 Å². The van der Waals surface area contributed by atoms with Crippen LogP contribution in [0.4, 0.5) is 0 Å². The smallest absolute Gasteiger partial charge is 0.126 e. The van der Waals surface area contributed by atoms with E-state index in [0.717, 1.165) is 48.0 Å². The molecule has 2 rings (SSSR count). The maximum absolute atomic E-state index is 10.1. The van der Waals surface area contributed by atoms with Gasteiger partial charge in [0.05, 0.1) is 0 Å². The SMILES string of the molecule is CC(C)=CCCC(C)CCCC(C)CCCC1(C)CCc2c(C)c(O)cc(C)c2O1. The van der Waals surface area contributed by atoms with Gasteiger partial charge < -0.3 is 9.84 Å². The van der Waals surface area contributed by atoms with Crippen LogP contribution in [0.2, 0.25) is 0 Å². The van der Waals surface area contributed by atoms with Gasteiger partial charge in [0, 0.05) is 5.56 Å². The van der Waals surface area contributed by atoms with Gasteiger partial charge in [-0.05, 0) is 102 Å². The number of hydrogen-bond donors (Lipinski definition) is 1. The summed E-state index contributed by atoms with van der Waals surface area (Å²) in [4.78, 5) is 0. The van der Waals surface area contributed by atoms with Crippen molar-refractivity contribution in [1.29, 1.82) is 0 Å². The van der Waals surface area contributed by atoms with Gasteiger partial charge in [0.25, 0.3) is 0 Å². The molecule has 0 fully saturated rings. The molecular formula is C28H46O2. The first-order chi connectivity index (χ1) is 14.1. The van der Waals surface area contributed by atoms with Crippen molar-refractivity contribution in [3.63, 3.8) is 0 Å². The van der Waals surface area contributed by atoms with E-state index in [9.17, 15) is 5.11 Å². The Kier molecular flexibility index (Phi) is 9.31. The van der Waals surface area contributed by atoms with E-state index >= 15 is 0 Å². The summed E-state index contributed by atoms with van der Waals surface area (Å²) >= 11 is 0. The minimum absolute atomic E-state index is 0.0691. The monoisotopic (exact) mass is 414 g/mol. The van der Waals surface area contributed by atoms with Crippen molar-refractivity contribution in [1.82, 2.24) is 0 Å². The number of aryl methyl sites for hydroxylation is 1. The van der Waals surface area contributed by atoms with Gasteiger partial charge in [-0.15, -0.1) is 0 Å². The Bertz CT molecular complexity index is 714. The van der Waals surface area contributed by atoms with Crippen molar-refractivity contribution < 1.29 is 9.84 Å². The molecule has 0 radical (unpaired) electrons. The summed E-state index contributed by atoms with van der Waals surface area (Å²) in [5, 5.41) is 10.1. The van der Waals surface area contributed by atoms with Crippen molar-refractivity contribution in [2.75, 3.05) is 0 Å². The molecule has 1 N–H and O–H groups in total. The molecule has 0 saturated carbocycles. The number of phenols is 1. The zero-order chi connectivity index (χ0) is 22.3. The Morgan fingerprint density at radius 2 is 1.73 bits per heavy atom. The van der Waals surface area contributed by atoms with Gasteiger partial charge >= 0.3 is 0 Å². The third-order valence-corrected chi connectivity index (χ3v) is 7.08. The molecule has 0 aromatic heterocycles. The normalized spacial score (nSPS) is 20.2. The molecule has 2 nitrogen and oxygen atoms in total. The van der Waals surface area contributed by atoms with Crippen LogP contribution in [0, 0.1) is 25.7 Å². The lowest BCUT2D eigenvalue weighted by Gasteiger charge is -2.37. The number of rotatable bonds is 11. The second kappa shape index (κ2) is 11.3. The lowest BCUT2D eigenvalue weighted by Crippen LogP contribution is -2.37. The van der Waals surface area contributed by atoms with Crippen molar-refractivity contribution in [3.05, 3.63) is 34.4 Å². The maximum Gasteiger partial charge on any atom is 0.126 e. The second-order valence-electron chi connectivity index (χ2n) is 10.6. The Morgan fingerprint density at radius 1 is 1.10 bits per heavy atom. The number of fused-ring (bicyclic) bond motifs is 1. The maximum atomic E-state index is 10.1. The molecule has 0 spiro atoms. The Balaban J connectivity index is 1.71. The van der Waals surface area contributed by atoms with Crippen LogP contribution in [0.1, 0.15) is 109 Å². The van der Waals surface area contributed by atoms with E-state index in [1.165, 1.54) is 56.1 Å². The number of ether oxygens (including phenoxy) is 1. The molecule has 30 heavy (non-hydrogen) atoms. The number of phenolic OH excluding ortho intramolecular Hbond substituents is 1. The Labute approximate surface area is 186 Å². The van der Waals surface area contributed by atoms with Gasteiger partial charge in [0.2, 0.25) is 0 Å². The van der Waals surface area contributed by atoms with E-state index in [4.69, 9.17) is 4.74 Å².